The lowest BCUT2D eigenvalue weighted by molar-refractivity contribution is -0.0695. The summed E-state index contributed by atoms with van der Waals surface area (Å²) in [6, 6.07) is -0.395. The average Bonchev–Trinajstić information content (AvgIpc) is 1.61. The van der Waals surface area contributed by atoms with E-state index < -0.39 is 6.03 Å². The Morgan fingerprint density at radius 2 is 2.56 bits per heavy atom. The number of carbonyl (C=O) groups is 1. The molecule has 1 atom stereocenters. The smallest absolute Gasteiger partial charge is 0.316 e. The Kier molecular flexibility index (Phi) is 1.57. The zero-order valence-electron chi connectivity index (χ0n) is 5.33. The second-order valence-electron chi connectivity index (χ2n) is 2.01. The molecular weight excluding hydrogens is 120 g/mol. The molecule has 1 heterocycles. The maximum Gasteiger partial charge on any atom is 0.316 e. The van der Waals surface area contributed by atoms with Crippen LogP contribution < -0.4 is 5.73 Å². The Hall–Kier alpha value is -0.770. The fourth-order valence-electron chi connectivity index (χ4n) is 0.861. The van der Waals surface area contributed by atoms with Crippen LogP contribution in [-0.4, -0.2) is 30.8 Å². The summed E-state index contributed by atoms with van der Waals surface area (Å²) in [7, 11) is 1.57. The SMILES string of the molecule is COC1CCN1C(N)=O. The molecule has 9 heavy (non-hydrogen) atoms. The number of amides is 2. The molecule has 2 amide bonds. The first-order valence-electron chi connectivity index (χ1n) is 2.84. The van der Waals surface area contributed by atoms with Gasteiger partial charge in [-0.1, -0.05) is 0 Å². The normalized spacial score (nSPS) is 25.4. The molecule has 0 bridgehead atoms. The van der Waals surface area contributed by atoms with Crippen LogP contribution in [0.15, 0.2) is 0 Å². The van der Waals surface area contributed by atoms with Crippen molar-refractivity contribution in [2.75, 3.05) is 13.7 Å². The number of nitrogens with two attached hydrogens (primary N) is 1. The molecule has 1 aliphatic heterocycles. The van der Waals surface area contributed by atoms with Crippen molar-refractivity contribution in [2.45, 2.75) is 12.6 Å². The van der Waals surface area contributed by atoms with Crippen LogP contribution >= 0.6 is 0 Å². The molecular formula is C5H10N2O2. The Labute approximate surface area is 53.6 Å². The summed E-state index contributed by atoms with van der Waals surface area (Å²) in [6.45, 7) is 0.730. The molecule has 4 nitrogen and oxygen atoms in total. The number of urea groups is 1. The highest BCUT2D eigenvalue weighted by Gasteiger charge is 2.29. The fraction of sp³-hybridized carbons (Fsp3) is 0.800. The zero-order chi connectivity index (χ0) is 6.85. The molecule has 1 fully saturated rings. The standard InChI is InChI=1S/C5H10N2O2/c1-9-4-2-3-7(4)5(6)8/h4H,2-3H2,1H3,(H2,6,8). The average molecular weight is 130 g/mol. The first-order chi connectivity index (χ1) is 4.25. The van der Waals surface area contributed by atoms with Gasteiger partial charge >= 0.3 is 6.03 Å². The third-order valence-electron chi connectivity index (χ3n) is 1.52. The molecule has 4 heteroatoms. The van der Waals surface area contributed by atoms with E-state index in [1.54, 1.807) is 7.11 Å². The zero-order valence-corrected chi connectivity index (χ0v) is 5.33. The summed E-state index contributed by atoms with van der Waals surface area (Å²) in [5, 5.41) is 0. The van der Waals surface area contributed by atoms with E-state index in [0.29, 0.717) is 0 Å². The Morgan fingerprint density at radius 3 is 2.67 bits per heavy atom. The van der Waals surface area contributed by atoms with Crippen LogP contribution in [0.1, 0.15) is 6.42 Å². The van der Waals surface area contributed by atoms with Gasteiger partial charge in [0.15, 0.2) is 0 Å². The molecule has 2 N–H and O–H groups in total. The molecule has 0 aromatic carbocycles. The minimum Gasteiger partial charge on any atom is -0.361 e. The van der Waals surface area contributed by atoms with Crippen molar-refractivity contribution in [3.63, 3.8) is 0 Å². The molecule has 0 aromatic rings. The molecule has 1 rings (SSSR count). The number of rotatable bonds is 1. The van der Waals surface area contributed by atoms with Gasteiger partial charge in [-0.2, -0.15) is 0 Å². The van der Waals surface area contributed by atoms with Crippen molar-refractivity contribution < 1.29 is 9.53 Å². The Balaban J connectivity index is 2.35. The highest BCUT2D eigenvalue weighted by molar-refractivity contribution is 5.73. The van der Waals surface area contributed by atoms with Crippen LogP contribution in [0.2, 0.25) is 0 Å². The van der Waals surface area contributed by atoms with Gasteiger partial charge in [0.05, 0.1) is 0 Å². The molecule has 1 aliphatic rings. The minimum absolute atomic E-state index is 0.0671. The van der Waals surface area contributed by atoms with Crippen molar-refractivity contribution in [3.05, 3.63) is 0 Å². The lowest BCUT2D eigenvalue weighted by Gasteiger charge is -2.37. The van der Waals surface area contributed by atoms with Crippen molar-refractivity contribution in [1.29, 1.82) is 0 Å². The predicted octanol–water partition coefficient (Wildman–Crippen LogP) is -0.257. The number of carbonyl (C=O) groups excluding carboxylic acids is 1. The molecule has 1 saturated heterocycles. The quantitative estimate of drug-likeness (QED) is 0.531. The third-order valence-corrected chi connectivity index (χ3v) is 1.52. The second kappa shape index (κ2) is 2.23. The number of ether oxygens (including phenoxy) is 1. The van der Waals surface area contributed by atoms with Crippen LogP contribution in [-0.2, 0) is 4.74 Å². The monoisotopic (exact) mass is 130 g/mol. The van der Waals surface area contributed by atoms with E-state index in [9.17, 15) is 4.79 Å². The Bertz CT molecular complexity index is 124. The topological polar surface area (TPSA) is 55.6 Å². The van der Waals surface area contributed by atoms with Gasteiger partial charge in [-0.3, -0.25) is 4.90 Å². The van der Waals surface area contributed by atoms with E-state index in [2.05, 4.69) is 0 Å². The maximum absolute atomic E-state index is 10.4. The van der Waals surface area contributed by atoms with Crippen LogP contribution in [0.4, 0.5) is 4.79 Å². The summed E-state index contributed by atoms with van der Waals surface area (Å²) in [5.41, 5.74) is 4.97. The molecule has 1 unspecified atom stereocenters. The van der Waals surface area contributed by atoms with Gasteiger partial charge in [0, 0.05) is 20.1 Å². The van der Waals surface area contributed by atoms with Crippen LogP contribution in [0.3, 0.4) is 0 Å². The number of methoxy groups -OCH3 is 1. The van der Waals surface area contributed by atoms with Crippen molar-refractivity contribution >= 4 is 6.03 Å². The number of nitrogens with zero attached hydrogens (tertiary/aromatic N) is 1. The van der Waals surface area contributed by atoms with E-state index in [-0.39, 0.29) is 6.23 Å². The number of hydrogen-bond donors (Lipinski definition) is 1. The molecule has 0 aromatic heterocycles. The molecule has 0 aliphatic carbocycles. The van der Waals surface area contributed by atoms with Crippen molar-refractivity contribution in [1.82, 2.24) is 4.90 Å². The van der Waals surface area contributed by atoms with Gasteiger partial charge in [-0.15, -0.1) is 0 Å². The number of primary amides is 1. The highest BCUT2D eigenvalue weighted by Crippen LogP contribution is 2.15. The molecule has 0 saturated carbocycles. The van der Waals surface area contributed by atoms with Gasteiger partial charge in [-0.05, 0) is 0 Å². The van der Waals surface area contributed by atoms with Gasteiger partial charge in [0.2, 0.25) is 0 Å². The third kappa shape index (κ3) is 0.977. The van der Waals surface area contributed by atoms with E-state index >= 15 is 0 Å². The van der Waals surface area contributed by atoms with Crippen LogP contribution in [0.25, 0.3) is 0 Å². The molecule has 0 spiro atoms. The lowest BCUT2D eigenvalue weighted by atomic mass is 10.2. The predicted molar refractivity (Wildman–Crippen MR) is 31.7 cm³/mol. The summed E-state index contributed by atoms with van der Waals surface area (Å²) >= 11 is 0. The van der Waals surface area contributed by atoms with Gasteiger partial charge in [0.1, 0.15) is 6.23 Å². The largest absolute Gasteiger partial charge is 0.361 e. The van der Waals surface area contributed by atoms with Crippen molar-refractivity contribution in [3.8, 4) is 0 Å². The summed E-state index contributed by atoms with van der Waals surface area (Å²) in [6.07, 6.45) is 0.835. The van der Waals surface area contributed by atoms with Crippen LogP contribution in [0.5, 0.6) is 0 Å². The highest BCUT2D eigenvalue weighted by atomic mass is 16.5. The number of likely N-dealkylation sites (tertiary alicyclic amines) is 1. The second-order valence-corrected chi connectivity index (χ2v) is 2.01. The number of hydrogen-bond acceptors (Lipinski definition) is 2. The fourth-order valence-corrected chi connectivity index (χ4v) is 0.861. The maximum atomic E-state index is 10.4. The van der Waals surface area contributed by atoms with Crippen molar-refractivity contribution in [2.24, 2.45) is 5.73 Å². The van der Waals surface area contributed by atoms with E-state index in [4.69, 9.17) is 10.5 Å². The van der Waals surface area contributed by atoms with E-state index in [1.807, 2.05) is 0 Å². The molecule has 52 valence electrons. The van der Waals surface area contributed by atoms with E-state index in [0.717, 1.165) is 13.0 Å². The summed E-state index contributed by atoms with van der Waals surface area (Å²) in [5.74, 6) is 0. The minimum atomic E-state index is -0.395. The summed E-state index contributed by atoms with van der Waals surface area (Å²) < 4.78 is 4.89. The van der Waals surface area contributed by atoms with Gasteiger partial charge in [-0.25, -0.2) is 4.79 Å². The van der Waals surface area contributed by atoms with Gasteiger partial charge < -0.3 is 10.5 Å². The van der Waals surface area contributed by atoms with Gasteiger partial charge in [0.25, 0.3) is 0 Å². The first kappa shape index (κ1) is 6.35. The molecule has 0 radical (unpaired) electrons. The first-order valence-corrected chi connectivity index (χ1v) is 2.84. The lowest BCUT2D eigenvalue weighted by Crippen LogP contribution is -2.54. The van der Waals surface area contributed by atoms with Crippen LogP contribution in [0, 0.1) is 0 Å². The summed E-state index contributed by atoms with van der Waals surface area (Å²) in [4.78, 5) is 11.9. The van der Waals surface area contributed by atoms with E-state index in [1.165, 1.54) is 4.90 Å². The Morgan fingerprint density at radius 1 is 1.89 bits per heavy atom.